The first-order valence-corrected chi connectivity index (χ1v) is 13.7. The van der Waals surface area contributed by atoms with E-state index in [-0.39, 0.29) is 17.2 Å². The van der Waals surface area contributed by atoms with Crippen molar-refractivity contribution in [1.82, 2.24) is 5.32 Å². The average molecular weight is 551 g/mol. The van der Waals surface area contributed by atoms with Crippen molar-refractivity contribution in [3.8, 4) is 0 Å². The highest BCUT2D eigenvalue weighted by Gasteiger charge is 2.45. The van der Waals surface area contributed by atoms with Crippen LogP contribution in [-0.2, 0) is 4.79 Å². The zero-order chi connectivity index (χ0) is 27.1. The minimum Gasteiger partial charge on any atom is -0.339 e. The Bertz CT molecular complexity index is 1770. The van der Waals surface area contributed by atoms with E-state index in [1.54, 1.807) is 41.3 Å². The minimum absolute atomic E-state index is 0.209. The lowest BCUT2D eigenvalue weighted by Gasteiger charge is -2.39. The van der Waals surface area contributed by atoms with Crippen LogP contribution in [0, 0.1) is 6.92 Å². The van der Waals surface area contributed by atoms with Crippen molar-refractivity contribution >= 4 is 55.5 Å². The quantitative estimate of drug-likeness (QED) is 0.267. The van der Waals surface area contributed by atoms with E-state index >= 15 is 0 Å². The highest BCUT2D eigenvalue weighted by Crippen LogP contribution is 2.46. The van der Waals surface area contributed by atoms with Crippen LogP contribution in [0.1, 0.15) is 33.0 Å². The lowest BCUT2D eigenvalue weighted by molar-refractivity contribution is -0.120. The molecule has 5 nitrogen and oxygen atoms in total. The number of aryl methyl sites for hydroxylation is 1. The number of halogens is 1. The first-order chi connectivity index (χ1) is 18.9. The molecule has 0 fully saturated rings. The summed E-state index contributed by atoms with van der Waals surface area (Å²) < 4.78 is 0.728. The highest BCUT2D eigenvalue weighted by molar-refractivity contribution is 7.22. The Kier molecular flexibility index (Phi) is 6.51. The number of hydrogen-bond donors (Lipinski definition) is 1. The summed E-state index contributed by atoms with van der Waals surface area (Å²) in [4.78, 5) is 43.6. The van der Waals surface area contributed by atoms with Crippen LogP contribution in [-0.4, -0.2) is 17.9 Å². The fourth-order valence-electron chi connectivity index (χ4n) is 5.07. The number of anilines is 2. The number of rotatable bonds is 4. The number of para-hydroxylation sites is 1. The second kappa shape index (κ2) is 10.1. The molecule has 1 N–H and O–H groups in total. The Morgan fingerprint density at radius 3 is 2.23 bits per heavy atom. The summed E-state index contributed by atoms with van der Waals surface area (Å²) in [5, 5.41) is 4.47. The zero-order valence-electron chi connectivity index (χ0n) is 20.9. The van der Waals surface area contributed by atoms with Crippen LogP contribution in [0.25, 0.3) is 10.1 Å². The number of hydrogen-bond acceptors (Lipinski definition) is 4. The lowest BCUT2D eigenvalue weighted by atomic mass is 9.81. The van der Waals surface area contributed by atoms with Crippen molar-refractivity contribution in [1.29, 1.82) is 0 Å². The second-order valence-corrected chi connectivity index (χ2v) is 11.0. The van der Waals surface area contributed by atoms with E-state index in [0.717, 1.165) is 15.8 Å². The van der Waals surface area contributed by atoms with E-state index in [0.29, 0.717) is 32.2 Å². The van der Waals surface area contributed by atoms with Gasteiger partial charge < -0.3 is 5.32 Å². The molecule has 39 heavy (non-hydrogen) atoms. The average Bonchev–Trinajstić information content (AvgIpc) is 2.96. The van der Waals surface area contributed by atoms with Gasteiger partial charge >= 0.3 is 0 Å². The van der Waals surface area contributed by atoms with Crippen LogP contribution in [0.4, 0.5) is 10.7 Å². The Morgan fingerprint density at radius 2 is 1.54 bits per heavy atom. The third kappa shape index (κ3) is 4.52. The molecule has 0 unspecified atom stereocenters. The number of fused-ring (bicyclic) bond motifs is 2. The Labute approximate surface area is 234 Å². The molecule has 2 heterocycles. The van der Waals surface area contributed by atoms with Crippen molar-refractivity contribution in [2.75, 3.05) is 4.90 Å². The third-order valence-electron chi connectivity index (χ3n) is 6.98. The van der Waals surface area contributed by atoms with E-state index in [2.05, 4.69) is 5.32 Å². The highest BCUT2D eigenvalue weighted by atomic mass is 35.5. The van der Waals surface area contributed by atoms with Gasteiger partial charge in [-0.15, -0.1) is 11.3 Å². The van der Waals surface area contributed by atoms with Gasteiger partial charge in [-0.2, -0.15) is 0 Å². The molecular formula is C32H23ClN2O3S. The summed E-state index contributed by atoms with van der Waals surface area (Å²) in [6.07, 6.45) is 0. The molecule has 0 aliphatic carbocycles. The van der Waals surface area contributed by atoms with Gasteiger partial charge in [0.15, 0.2) is 5.43 Å². The van der Waals surface area contributed by atoms with Gasteiger partial charge in [-0.25, -0.2) is 0 Å². The largest absolute Gasteiger partial charge is 0.339 e. The second-order valence-electron chi connectivity index (χ2n) is 9.51. The normalized spacial score (nSPS) is 16.7. The molecule has 0 radical (unpaired) electrons. The van der Waals surface area contributed by atoms with Crippen molar-refractivity contribution in [2.24, 2.45) is 0 Å². The van der Waals surface area contributed by atoms with E-state index in [4.69, 9.17) is 11.6 Å². The number of amides is 2. The molecule has 7 heteroatoms. The van der Waals surface area contributed by atoms with E-state index in [1.165, 1.54) is 11.3 Å². The molecule has 6 rings (SSSR count). The predicted octanol–water partition coefficient (Wildman–Crippen LogP) is 6.83. The number of carbonyl (C=O) groups excluding carboxylic acids is 2. The molecular weight excluding hydrogens is 528 g/mol. The fraction of sp³-hybridized carbons (Fsp3) is 0.0938. The van der Waals surface area contributed by atoms with Crippen LogP contribution in [0.2, 0.25) is 5.02 Å². The van der Waals surface area contributed by atoms with Gasteiger partial charge in [0.2, 0.25) is 0 Å². The molecule has 0 saturated carbocycles. The van der Waals surface area contributed by atoms with Gasteiger partial charge in [0.05, 0.1) is 0 Å². The van der Waals surface area contributed by atoms with Crippen LogP contribution in [0.15, 0.2) is 108 Å². The fourth-order valence-corrected chi connectivity index (χ4v) is 6.47. The molecule has 1 aliphatic heterocycles. The van der Waals surface area contributed by atoms with Crippen molar-refractivity contribution in [2.45, 2.75) is 18.9 Å². The minimum atomic E-state index is -1.02. The van der Waals surface area contributed by atoms with Crippen LogP contribution in [0.5, 0.6) is 0 Å². The van der Waals surface area contributed by atoms with Crippen molar-refractivity contribution < 1.29 is 9.59 Å². The maximum Gasteiger partial charge on any atom is 0.255 e. The SMILES string of the molecule is Cc1ccc([C@@H]2c3c(sc4ccc(Cl)cc4c3=O)N(c3ccccc3)C(=O)[C@@H]2NC(=O)c2ccccc2)cc1. The molecule has 1 aromatic heterocycles. The Hall–Kier alpha value is -4.26. The molecule has 0 bridgehead atoms. The van der Waals surface area contributed by atoms with E-state index < -0.39 is 12.0 Å². The Balaban J connectivity index is 1.63. The van der Waals surface area contributed by atoms with Crippen LogP contribution < -0.4 is 15.6 Å². The third-order valence-corrected chi connectivity index (χ3v) is 8.38. The van der Waals surface area contributed by atoms with E-state index in [9.17, 15) is 14.4 Å². The summed E-state index contributed by atoms with van der Waals surface area (Å²) in [5.74, 6) is -1.40. The smallest absolute Gasteiger partial charge is 0.255 e. The predicted molar refractivity (Wildman–Crippen MR) is 157 cm³/mol. The van der Waals surface area contributed by atoms with Crippen LogP contribution >= 0.6 is 22.9 Å². The molecule has 2 atom stereocenters. The molecule has 5 aromatic rings. The van der Waals surface area contributed by atoms with Gasteiger partial charge in [0, 0.05) is 37.8 Å². The lowest BCUT2D eigenvalue weighted by Crippen LogP contribution is -2.54. The van der Waals surface area contributed by atoms with Gasteiger partial charge in [-0.3, -0.25) is 19.3 Å². The number of carbonyl (C=O) groups is 2. The maximum absolute atomic E-state index is 14.4. The summed E-state index contributed by atoms with van der Waals surface area (Å²) in [7, 11) is 0. The molecule has 1 aliphatic rings. The molecule has 0 saturated heterocycles. The summed E-state index contributed by atoms with van der Waals surface area (Å²) in [6, 6.07) is 29.9. The topological polar surface area (TPSA) is 66.5 Å². The Morgan fingerprint density at radius 1 is 0.872 bits per heavy atom. The molecule has 2 amide bonds. The number of nitrogens with zero attached hydrogens (tertiary/aromatic N) is 1. The zero-order valence-corrected chi connectivity index (χ0v) is 22.5. The summed E-state index contributed by atoms with van der Waals surface area (Å²) in [5.41, 5.74) is 3.12. The van der Waals surface area contributed by atoms with Crippen molar-refractivity contribution in [3.63, 3.8) is 0 Å². The van der Waals surface area contributed by atoms with Gasteiger partial charge in [-0.1, -0.05) is 77.8 Å². The van der Waals surface area contributed by atoms with Crippen molar-refractivity contribution in [3.05, 3.63) is 141 Å². The first kappa shape index (κ1) is 25.0. The van der Waals surface area contributed by atoms with Gasteiger partial charge in [-0.05, 0) is 55.0 Å². The van der Waals surface area contributed by atoms with Crippen LogP contribution in [0.3, 0.4) is 0 Å². The van der Waals surface area contributed by atoms with E-state index in [1.807, 2.05) is 73.7 Å². The summed E-state index contributed by atoms with van der Waals surface area (Å²) in [6.45, 7) is 1.98. The number of benzene rings is 4. The van der Waals surface area contributed by atoms with Gasteiger partial charge in [0.25, 0.3) is 11.8 Å². The molecule has 4 aromatic carbocycles. The monoisotopic (exact) mass is 550 g/mol. The standard InChI is InChI=1S/C32H23ClN2O3S/c1-19-12-14-20(15-13-19)26-27-29(36)24-18-22(33)16-17-25(24)39-32(27)35(23-10-6-3-7-11-23)31(38)28(26)34-30(37)21-8-4-2-5-9-21/h2-18,26,28H,1H3,(H,34,37)/t26-,28-/m1/s1. The maximum atomic E-state index is 14.4. The molecule has 192 valence electrons. The number of nitrogens with one attached hydrogen (secondary N) is 1. The first-order valence-electron chi connectivity index (χ1n) is 12.5. The molecule has 0 spiro atoms. The summed E-state index contributed by atoms with van der Waals surface area (Å²) >= 11 is 7.67. The van der Waals surface area contributed by atoms with Gasteiger partial charge in [0.1, 0.15) is 11.0 Å².